The number of amides is 1. The number of ether oxygens (including phenoxy) is 1. The van der Waals surface area contributed by atoms with Crippen molar-refractivity contribution in [2.45, 2.75) is 57.9 Å². The molecular formula is C20H34N4O2. The monoisotopic (exact) mass is 362 g/mol. The van der Waals surface area contributed by atoms with Crippen molar-refractivity contribution in [3.8, 4) is 0 Å². The SMILES string of the molecule is COCCN(C[C@H]1CCCN2CCCC[C@H]12)C(=O)c1cc(C(C)C)[nH]n1. The fraction of sp³-hybridized carbons (Fsp3) is 0.800. The lowest BCUT2D eigenvalue weighted by molar-refractivity contribution is 0.0313. The predicted octanol–water partition coefficient (Wildman–Crippen LogP) is 2.89. The highest BCUT2D eigenvalue weighted by Gasteiger charge is 2.35. The lowest BCUT2D eigenvalue weighted by atomic mass is 9.83. The second-order valence-electron chi connectivity index (χ2n) is 8.11. The van der Waals surface area contributed by atoms with Crippen LogP contribution in [-0.4, -0.2) is 71.8 Å². The highest BCUT2D eigenvalue weighted by molar-refractivity contribution is 5.92. The Bertz CT molecular complexity index is 584. The van der Waals surface area contributed by atoms with Gasteiger partial charge in [-0.1, -0.05) is 20.3 Å². The minimum Gasteiger partial charge on any atom is -0.383 e. The van der Waals surface area contributed by atoms with Crippen LogP contribution < -0.4 is 0 Å². The average Bonchev–Trinajstić information content (AvgIpc) is 3.15. The van der Waals surface area contributed by atoms with Crippen LogP contribution in [0.5, 0.6) is 0 Å². The number of methoxy groups -OCH3 is 1. The molecule has 0 bridgehead atoms. The van der Waals surface area contributed by atoms with Crippen molar-refractivity contribution in [3.05, 3.63) is 17.5 Å². The lowest BCUT2D eigenvalue weighted by Crippen LogP contribution is -2.52. The Kier molecular flexibility index (Phi) is 6.70. The fourth-order valence-corrected chi connectivity index (χ4v) is 4.45. The molecule has 3 heterocycles. The second kappa shape index (κ2) is 9.00. The number of hydrogen-bond acceptors (Lipinski definition) is 4. The first-order chi connectivity index (χ1) is 12.6. The van der Waals surface area contributed by atoms with Gasteiger partial charge in [-0.2, -0.15) is 5.10 Å². The zero-order chi connectivity index (χ0) is 18.5. The van der Waals surface area contributed by atoms with E-state index in [9.17, 15) is 4.79 Å². The molecule has 6 heteroatoms. The Hall–Kier alpha value is -1.40. The molecule has 3 rings (SSSR count). The molecule has 2 aliphatic heterocycles. The summed E-state index contributed by atoms with van der Waals surface area (Å²) in [6, 6.07) is 2.54. The van der Waals surface area contributed by atoms with Crippen LogP contribution in [0.1, 0.15) is 68.1 Å². The minimum atomic E-state index is 0.0260. The van der Waals surface area contributed by atoms with Gasteiger partial charge in [0.05, 0.1) is 6.61 Å². The largest absolute Gasteiger partial charge is 0.383 e. The van der Waals surface area contributed by atoms with Crippen LogP contribution in [-0.2, 0) is 4.74 Å². The summed E-state index contributed by atoms with van der Waals surface area (Å²) >= 11 is 0. The summed E-state index contributed by atoms with van der Waals surface area (Å²) in [6.45, 7) is 8.66. The maximum Gasteiger partial charge on any atom is 0.274 e. The first-order valence-corrected chi connectivity index (χ1v) is 10.2. The molecule has 0 radical (unpaired) electrons. The van der Waals surface area contributed by atoms with Crippen LogP contribution in [0.25, 0.3) is 0 Å². The smallest absolute Gasteiger partial charge is 0.274 e. The van der Waals surface area contributed by atoms with Gasteiger partial charge in [-0.25, -0.2) is 0 Å². The molecule has 1 amide bonds. The summed E-state index contributed by atoms with van der Waals surface area (Å²) in [6.07, 6.45) is 6.38. The molecule has 0 spiro atoms. The summed E-state index contributed by atoms with van der Waals surface area (Å²) < 4.78 is 5.27. The van der Waals surface area contributed by atoms with Crippen molar-refractivity contribution < 1.29 is 9.53 Å². The normalized spacial score (nSPS) is 23.8. The highest BCUT2D eigenvalue weighted by atomic mass is 16.5. The molecule has 1 N–H and O–H groups in total. The Labute approximate surface area is 157 Å². The Balaban J connectivity index is 1.71. The molecule has 0 unspecified atom stereocenters. The molecule has 0 aliphatic carbocycles. The third-order valence-corrected chi connectivity index (χ3v) is 5.97. The van der Waals surface area contributed by atoms with Gasteiger partial charge in [-0.3, -0.25) is 9.89 Å². The zero-order valence-corrected chi connectivity index (χ0v) is 16.5. The molecule has 2 atom stereocenters. The Morgan fingerprint density at radius 3 is 2.88 bits per heavy atom. The number of fused-ring (bicyclic) bond motifs is 1. The maximum atomic E-state index is 13.1. The molecular weight excluding hydrogens is 328 g/mol. The quantitative estimate of drug-likeness (QED) is 0.810. The standard InChI is InChI=1S/C20H34N4O2/c1-15(2)17-13-18(22-21-17)20(25)24(11-12-26-3)14-16-7-6-10-23-9-5-4-8-19(16)23/h13,15-16,19H,4-12,14H2,1-3H3,(H,21,22)/t16-,19-/m1/s1. The van der Waals surface area contributed by atoms with Crippen LogP contribution in [0.4, 0.5) is 0 Å². The fourth-order valence-electron chi connectivity index (χ4n) is 4.45. The number of H-pyrrole nitrogens is 1. The van der Waals surface area contributed by atoms with Crippen molar-refractivity contribution >= 4 is 5.91 Å². The van der Waals surface area contributed by atoms with E-state index in [1.165, 1.54) is 45.2 Å². The number of aromatic nitrogens is 2. The number of nitrogens with zero attached hydrogens (tertiary/aromatic N) is 3. The van der Waals surface area contributed by atoms with Crippen molar-refractivity contribution in [1.82, 2.24) is 20.0 Å². The topological polar surface area (TPSA) is 61.5 Å². The zero-order valence-electron chi connectivity index (χ0n) is 16.5. The minimum absolute atomic E-state index is 0.0260. The Morgan fingerprint density at radius 2 is 2.15 bits per heavy atom. The van der Waals surface area contributed by atoms with E-state index in [2.05, 4.69) is 28.9 Å². The summed E-state index contributed by atoms with van der Waals surface area (Å²) in [4.78, 5) is 17.7. The van der Waals surface area contributed by atoms with E-state index in [0.29, 0.717) is 36.7 Å². The Morgan fingerprint density at radius 1 is 1.35 bits per heavy atom. The molecule has 1 aromatic rings. The molecule has 2 saturated heterocycles. The van der Waals surface area contributed by atoms with Crippen LogP contribution in [0, 0.1) is 5.92 Å². The number of aromatic amines is 1. The molecule has 1 aromatic heterocycles. The van der Waals surface area contributed by atoms with Gasteiger partial charge in [0.2, 0.25) is 0 Å². The van der Waals surface area contributed by atoms with Crippen LogP contribution >= 0.6 is 0 Å². The van der Waals surface area contributed by atoms with E-state index < -0.39 is 0 Å². The van der Waals surface area contributed by atoms with Gasteiger partial charge in [0.25, 0.3) is 5.91 Å². The number of piperidine rings is 2. The van der Waals surface area contributed by atoms with Crippen LogP contribution in [0.2, 0.25) is 0 Å². The van der Waals surface area contributed by atoms with Gasteiger partial charge in [-0.15, -0.1) is 0 Å². The van der Waals surface area contributed by atoms with Gasteiger partial charge in [0.15, 0.2) is 0 Å². The maximum absolute atomic E-state index is 13.1. The number of rotatable bonds is 7. The van der Waals surface area contributed by atoms with E-state index in [0.717, 1.165) is 12.2 Å². The molecule has 0 aromatic carbocycles. The average molecular weight is 363 g/mol. The molecule has 0 saturated carbocycles. The number of nitrogens with one attached hydrogen (secondary N) is 1. The molecule has 2 fully saturated rings. The van der Waals surface area contributed by atoms with E-state index in [4.69, 9.17) is 4.74 Å². The molecule has 26 heavy (non-hydrogen) atoms. The van der Waals surface area contributed by atoms with Crippen molar-refractivity contribution in [1.29, 1.82) is 0 Å². The molecule has 2 aliphatic rings. The van der Waals surface area contributed by atoms with E-state index in [-0.39, 0.29) is 5.91 Å². The highest BCUT2D eigenvalue weighted by Crippen LogP contribution is 2.31. The van der Waals surface area contributed by atoms with Gasteiger partial charge in [0.1, 0.15) is 5.69 Å². The first-order valence-electron chi connectivity index (χ1n) is 10.2. The van der Waals surface area contributed by atoms with E-state index >= 15 is 0 Å². The predicted molar refractivity (Wildman–Crippen MR) is 102 cm³/mol. The summed E-state index contributed by atoms with van der Waals surface area (Å²) in [5, 5.41) is 7.28. The third-order valence-electron chi connectivity index (χ3n) is 5.97. The van der Waals surface area contributed by atoms with Gasteiger partial charge in [0, 0.05) is 31.9 Å². The van der Waals surface area contributed by atoms with Gasteiger partial charge >= 0.3 is 0 Å². The summed E-state index contributed by atoms with van der Waals surface area (Å²) in [7, 11) is 1.69. The van der Waals surface area contributed by atoms with Crippen molar-refractivity contribution in [2.24, 2.45) is 5.92 Å². The summed E-state index contributed by atoms with van der Waals surface area (Å²) in [5.41, 5.74) is 1.54. The lowest BCUT2D eigenvalue weighted by Gasteiger charge is -2.45. The first kappa shape index (κ1) is 19.4. The van der Waals surface area contributed by atoms with Crippen molar-refractivity contribution in [2.75, 3.05) is 39.9 Å². The van der Waals surface area contributed by atoms with Gasteiger partial charge < -0.3 is 14.5 Å². The van der Waals surface area contributed by atoms with Crippen molar-refractivity contribution in [3.63, 3.8) is 0 Å². The number of hydrogen-bond donors (Lipinski definition) is 1. The van der Waals surface area contributed by atoms with E-state index in [1.807, 2.05) is 11.0 Å². The number of carbonyl (C=O) groups is 1. The van der Waals surface area contributed by atoms with Crippen LogP contribution in [0.3, 0.4) is 0 Å². The molecule has 6 nitrogen and oxygen atoms in total. The van der Waals surface area contributed by atoms with Gasteiger partial charge in [-0.05, 0) is 56.7 Å². The summed E-state index contributed by atoms with van der Waals surface area (Å²) in [5.74, 6) is 0.928. The van der Waals surface area contributed by atoms with Crippen LogP contribution in [0.15, 0.2) is 6.07 Å². The molecule has 146 valence electrons. The second-order valence-corrected chi connectivity index (χ2v) is 8.11. The third kappa shape index (κ3) is 4.46. The number of carbonyl (C=O) groups excluding carboxylic acids is 1. The van der Waals surface area contributed by atoms with E-state index in [1.54, 1.807) is 7.11 Å².